The van der Waals surface area contributed by atoms with Crippen molar-refractivity contribution in [1.29, 1.82) is 0 Å². The van der Waals surface area contributed by atoms with Crippen molar-refractivity contribution in [2.45, 2.75) is 24.4 Å². The number of halogens is 1. The molecular formula is C25H21ClN2O2. The first-order valence-corrected chi connectivity index (χ1v) is 10.5. The van der Waals surface area contributed by atoms with Gasteiger partial charge in [-0.3, -0.25) is 9.59 Å². The molecule has 2 aliphatic heterocycles. The summed E-state index contributed by atoms with van der Waals surface area (Å²) in [5.74, 6) is -0.493. The van der Waals surface area contributed by atoms with Crippen molar-refractivity contribution in [1.82, 2.24) is 4.90 Å². The lowest BCUT2D eigenvalue weighted by atomic mass is 9.89. The van der Waals surface area contributed by atoms with Gasteiger partial charge in [-0.1, -0.05) is 84.4 Å². The van der Waals surface area contributed by atoms with Crippen molar-refractivity contribution in [3.63, 3.8) is 0 Å². The van der Waals surface area contributed by atoms with Gasteiger partial charge in [-0.25, -0.2) is 0 Å². The minimum atomic E-state index is -0.436. The molecule has 3 aromatic rings. The highest BCUT2D eigenvalue weighted by atomic mass is 35.5. The van der Waals surface area contributed by atoms with Gasteiger partial charge in [-0.05, 0) is 29.7 Å². The number of likely N-dealkylation sites (tertiary alicyclic amines) is 1. The van der Waals surface area contributed by atoms with Gasteiger partial charge in [0.25, 0.3) is 0 Å². The van der Waals surface area contributed by atoms with E-state index in [9.17, 15) is 9.59 Å². The highest BCUT2D eigenvalue weighted by molar-refractivity contribution is 6.34. The molecule has 2 amide bonds. The molecule has 0 aliphatic carbocycles. The van der Waals surface area contributed by atoms with Crippen LogP contribution >= 0.6 is 11.6 Å². The predicted molar refractivity (Wildman–Crippen MR) is 118 cm³/mol. The number of para-hydroxylation sites is 1. The Morgan fingerprint density at radius 2 is 1.43 bits per heavy atom. The van der Waals surface area contributed by atoms with Gasteiger partial charge < -0.3 is 9.80 Å². The first kappa shape index (κ1) is 18.9. The molecule has 2 fully saturated rings. The number of piperazine rings is 1. The molecule has 3 aromatic carbocycles. The summed E-state index contributed by atoms with van der Waals surface area (Å²) in [5, 5.41) is 0.558. The van der Waals surface area contributed by atoms with E-state index in [1.54, 1.807) is 15.9 Å². The predicted octanol–water partition coefficient (Wildman–Crippen LogP) is 4.49. The van der Waals surface area contributed by atoms with Gasteiger partial charge in [-0.15, -0.1) is 0 Å². The standard InChI is InChI=1S/C25H21ClN2O2/c26-20-13-7-8-14-21(20)28-19-15-22(24(28)29)27(16-19)25(30)23(17-9-3-1-4-10-17)18-11-5-2-6-12-18/h1-14,19,22-23H,15-16H2/t19-,22-/m0/s1. The lowest BCUT2D eigenvalue weighted by Gasteiger charge is -2.36. The van der Waals surface area contributed by atoms with Crippen LogP contribution in [0.1, 0.15) is 23.5 Å². The van der Waals surface area contributed by atoms with E-state index in [2.05, 4.69) is 0 Å². The summed E-state index contributed by atoms with van der Waals surface area (Å²) in [6, 6.07) is 26.5. The summed E-state index contributed by atoms with van der Waals surface area (Å²) >= 11 is 6.34. The Bertz CT molecular complexity index is 1050. The third-order valence-corrected chi connectivity index (χ3v) is 6.39. The quantitative estimate of drug-likeness (QED) is 0.628. The fourth-order valence-electron chi connectivity index (χ4n) is 4.72. The Labute approximate surface area is 180 Å². The zero-order valence-corrected chi connectivity index (χ0v) is 17.1. The van der Waals surface area contributed by atoms with E-state index in [1.165, 1.54) is 0 Å². The number of anilines is 1. The Morgan fingerprint density at radius 1 is 0.867 bits per heavy atom. The number of amides is 2. The molecule has 2 bridgehead atoms. The summed E-state index contributed by atoms with van der Waals surface area (Å²) in [4.78, 5) is 30.5. The number of nitrogens with zero attached hydrogens (tertiary/aromatic N) is 2. The van der Waals surface area contributed by atoms with Crippen LogP contribution in [0.4, 0.5) is 5.69 Å². The van der Waals surface area contributed by atoms with Crippen LogP contribution < -0.4 is 4.90 Å². The molecule has 2 heterocycles. The van der Waals surface area contributed by atoms with Crippen LogP contribution in [-0.4, -0.2) is 35.3 Å². The van der Waals surface area contributed by atoms with E-state index < -0.39 is 12.0 Å². The van der Waals surface area contributed by atoms with E-state index in [0.717, 1.165) is 16.8 Å². The van der Waals surface area contributed by atoms with Crippen molar-refractivity contribution in [3.05, 3.63) is 101 Å². The second kappa shape index (κ2) is 7.62. The number of rotatable bonds is 4. The summed E-state index contributed by atoms with van der Waals surface area (Å²) < 4.78 is 0. The number of carbonyl (C=O) groups excluding carboxylic acids is 2. The maximum absolute atomic E-state index is 13.7. The topological polar surface area (TPSA) is 40.6 Å². The van der Waals surface area contributed by atoms with E-state index in [4.69, 9.17) is 11.6 Å². The number of fused-ring (bicyclic) bond motifs is 2. The highest BCUT2D eigenvalue weighted by Crippen LogP contribution is 2.40. The average molecular weight is 417 g/mol. The lowest BCUT2D eigenvalue weighted by Crippen LogP contribution is -2.53. The molecule has 30 heavy (non-hydrogen) atoms. The van der Waals surface area contributed by atoms with Crippen molar-refractivity contribution in [2.24, 2.45) is 0 Å². The first-order chi connectivity index (χ1) is 14.6. The minimum absolute atomic E-state index is 0.0212. The number of hydrogen-bond acceptors (Lipinski definition) is 2. The molecule has 0 N–H and O–H groups in total. The highest BCUT2D eigenvalue weighted by Gasteiger charge is 2.53. The number of hydrogen-bond donors (Lipinski definition) is 0. The van der Waals surface area contributed by atoms with Crippen LogP contribution in [0.3, 0.4) is 0 Å². The average Bonchev–Trinajstić information content (AvgIpc) is 3.34. The Hall–Kier alpha value is -3.11. The van der Waals surface area contributed by atoms with Gasteiger partial charge in [-0.2, -0.15) is 0 Å². The zero-order chi connectivity index (χ0) is 20.7. The van der Waals surface area contributed by atoms with Gasteiger partial charge in [0.2, 0.25) is 11.8 Å². The lowest BCUT2D eigenvalue weighted by molar-refractivity contribution is -0.138. The molecule has 2 aliphatic rings. The normalized spacial score (nSPS) is 20.3. The first-order valence-electron chi connectivity index (χ1n) is 10.1. The Balaban J connectivity index is 1.46. The van der Waals surface area contributed by atoms with E-state index in [1.807, 2.05) is 78.9 Å². The fraction of sp³-hybridized carbons (Fsp3) is 0.200. The SMILES string of the molecule is O=C(C(c1ccccc1)c1ccccc1)N1C[C@@H]2C[C@H]1C(=O)N2c1ccccc1Cl. The molecular weight excluding hydrogens is 396 g/mol. The van der Waals surface area contributed by atoms with Crippen LogP contribution in [0.5, 0.6) is 0 Å². The van der Waals surface area contributed by atoms with Crippen molar-refractivity contribution >= 4 is 29.1 Å². The third-order valence-electron chi connectivity index (χ3n) is 6.07. The second-order valence-electron chi connectivity index (χ2n) is 7.81. The van der Waals surface area contributed by atoms with E-state index in [-0.39, 0.29) is 17.9 Å². The summed E-state index contributed by atoms with van der Waals surface area (Å²) in [6.45, 7) is 0.524. The van der Waals surface area contributed by atoms with E-state index >= 15 is 0 Å². The van der Waals surface area contributed by atoms with Crippen LogP contribution in [-0.2, 0) is 9.59 Å². The smallest absolute Gasteiger partial charge is 0.250 e. The van der Waals surface area contributed by atoms with Gasteiger partial charge >= 0.3 is 0 Å². The summed E-state index contributed by atoms with van der Waals surface area (Å²) in [6.07, 6.45) is 0.645. The molecule has 150 valence electrons. The molecule has 0 saturated carbocycles. The Kier molecular flexibility index (Phi) is 4.80. The minimum Gasteiger partial charge on any atom is -0.328 e. The fourth-order valence-corrected chi connectivity index (χ4v) is 4.94. The third kappa shape index (κ3) is 3.08. The molecule has 0 radical (unpaired) electrons. The molecule has 4 nitrogen and oxygen atoms in total. The van der Waals surface area contributed by atoms with Gasteiger partial charge in [0, 0.05) is 6.54 Å². The molecule has 0 aromatic heterocycles. The van der Waals surface area contributed by atoms with Crippen LogP contribution in [0.2, 0.25) is 5.02 Å². The number of carbonyl (C=O) groups is 2. The zero-order valence-electron chi connectivity index (χ0n) is 16.3. The largest absolute Gasteiger partial charge is 0.328 e. The molecule has 5 heteroatoms. The van der Waals surface area contributed by atoms with Crippen molar-refractivity contribution in [2.75, 3.05) is 11.4 Å². The van der Waals surface area contributed by atoms with Gasteiger partial charge in [0.1, 0.15) is 6.04 Å². The maximum Gasteiger partial charge on any atom is 0.250 e. The van der Waals surface area contributed by atoms with Gasteiger partial charge in [0.15, 0.2) is 0 Å². The molecule has 5 rings (SSSR count). The monoisotopic (exact) mass is 416 g/mol. The molecule has 2 atom stereocenters. The molecule has 0 spiro atoms. The Morgan fingerprint density at radius 3 is 2.00 bits per heavy atom. The molecule has 2 saturated heterocycles. The van der Waals surface area contributed by atoms with Crippen LogP contribution in [0.15, 0.2) is 84.9 Å². The maximum atomic E-state index is 13.7. The number of benzene rings is 3. The van der Waals surface area contributed by atoms with Crippen LogP contribution in [0.25, 0.3) is 0 Å². The summed E-state index contributed by atoms with van der Waals surface area (Å²) in [5.41, 5.74) is 2.60. The van der Waals surface area contributed by atoms with Crippen molar-refractivity contribution in [3.8, 4) is 0 Å². The molecule has 0 unspecified atom stereocenters. The van der Waals surface area contributed by atoms with E-state index in [0.29, 0.717) is 18.0 Å². The van der Waals surface area contributed by atoms with Gasteiger partial charge in [0.05, 0.1) is 22.7 Å². The van der Waals surface area contributed by atoms with Crippen LogP contribution in [0, 0.1) is 0 Å². The second-order valence-corrected chi connectivity index (χ2v) is 8.22. The summed E-state index contributed by atoms with van der Waals surface area (Å²) in [7, 11) is 0. The van der Waals surface area contributed by atoms with Crippen molar-refractivity contribution < 1.29 is 9.59 Å².